The highest BCUT2D eigenvalue weighted by atomic mass is 32.1. The van der Waals surface area contributed by atoms with Crippen molar-refractivity contribution < 1.29 is 18.8 Å². The fourth-order valence-corrected chi connectivity index (χ4v) is 4.96. The highest BCUT2D eigenvalue weighted by Crippen LogP contribution is 2.32. The Hall–Kier alpha value is -2.74. The van der Waals surface area contributed by atoms with E-state index in [0.717, 1.165) is 42.5 Å². The van der Waals surface area contributed by atoms with E-state index in [2.05, 4.69) is 5.32 Å². The molecule has 3 N–H and O–H groups in total. The molecule has 1 fully saturated rings. The Morgan fingerprint density at radius 2 is 1.90 bits per heavy atom. The van der Waals surface area contributed by atoms with Gasteiger partial charge >= 0.3 is 0 Å². The first kappa shape index (κ1) is 22.0. The molecule has 3 rings (SSSR count). The van der Waals surface area contributed by atoms with E-state index < -0.39 is 17.6 Å². The summed E-state index contributed by atoms with van der Waals surface area (Å²) in [5.41, 5.74) is 6.73. The molecule has 0 radical (unpaired) electrons. The van der Waals surface area contributed by atoms with Crippen molar-refractivity contribution in [3.05, 3.63) is 51.7 Å². The third-order valence-corrected chi connectivity index (χ3v) is 6.67. The van der Waals surface area contributed by atoms with Gasteiger partial charge in [-0.3, -0.25) is 14.4 Å². The molecule has 3 amide bonds. The summed E-state index contributed by atoms with van der Waals surface area (Å²) in [6, 6.07) is 5.42. The molecular weight excluding hydrogens is 405 g/mol. The summed E-state index contributed by atoms with van der Waals surface area (Å²) in [7, 11) is 0. The van der Waals surface area contributed by atoms with E-state index in [-0.39, 0.29) is 24.1 Å². The molecule has 1 saturated carbocycles. The minimum atomic E-state index is -0.605. The Bertz CT molecular complexity index is 967. The van der Waals surface area contributed by atoms with Gasteiger partial charge in [0.25, 0.3) is 11.8 Å². The van der Waals surface area contributed by atoms with Crippen molar-refractivity contribution in [1.82, 2.24) is 4.90 Å². The zero-order valence-corrected chi connectivity index (χ0v) is 18.0. The van der Waals surface area contributed by atoms with Crippen LogP contribution in [0.1, 0.15) is 63.3 Å². The fraction of sp³-hybridized carbons (Fsp3) is 0.409. The van der Waals surface area contributed by atoms with Crippen molar-refractivity contribution in [2.75, 3.05) is 11.9 Å². The lowest BCUT2D eigenvalue weighted by atomic mass is 9.93. The highest BCUT2D eigenvalue weighted by Gasteiger charge is 2.29. The van der Waals surface area contributed by atoms with Crippen LogP contribution in [-0.4, -0.2) is 35.2 Å². The highest BCUT2D eigenvalue weighted by molar-refractivity contribution is 7.16. The number of nitrogens with one attached hydrogen (secondary N) is 1. The van der Waals surface area contributed by atoms with Gasteiger partial charge in [0.1, 0.15) is 17.4 Å². The van der Waals surface area contributed by atoms with Gasteiger partial charge in [-0.1, -0.05) is 25.3 Å². The summed E-state index contributed by atoms with van der Waals surface area (Å²) in [4.78, 5) is 40.2. The van der Waals surface area contributed by atoms with Gasteiger partial charge in [-0.15, -0.1) is 11.3 Å². The van der Waals surface area contributed by atoms with Gasteiger partial charge < -0.3 is 16.0 Å². The molecule has 1 aliphatic carbocycles. The van der Waals surface area contributed by atoms with Gasteiger partial charge in [-0.25, -0.2) is 4.39 Å². The first-order chi connectivity index (χ1) is 14.3. The first-order valence-electron chi connectivity index (χ1n) is 10.0. The fourth-order valence-electron chi connectivity index (χ4n) is 3.88. The largest absolute Gasteiger partial charge is 0.365 e. The van der Waals surface area contributed by atoms with E-state index in [1.165, 1.54) is 34.4 Å². The van der Waals surface area contributed by atoms with Crippen molar-refractivity contribution >= 4 is 34.1 Å². The number of primary amides is 1. The van der Waals surface area contributed by atoms with Crippen molar-refractivity contribution in [3.8, 4) is 0 Å². The molecule has 0 saturated heterocycles. The van der Waals surface area contributed by atoms with Crippen LogP contribution in [0.25, 0.3) is 0 Å². The van der Waals surface area contributed by atoms with Crippen LogP contribution in [0.2, 0.25) is 0 Å². The SMILES string of the molecule is Cc1sc(NC(=O)CN(C(=O)c2cccc(F)c2)C2CCCCC2)c(C(N)=O)c1C. The third kappa shape index (κ3) is 4.87. The first-order valence-corrected chi connectivity index (χ1v) is 10.9. The van der Waals surface area contributed by atoms with E-state index in [1.54, 1.807) is 13.0 Å². The number of aryl methyl sites for hydroxylation is 1. The molecule has 0 aliphatic heterocycles. The molecule has 30 heavy (non-hydrogen) atoms. The number of amides is 3. The standard InChI is InChI=1S/C22H26FN3O3S/c1-13-14(2)30-21(19(13)20(24)28)25-18(27)12-26(17-9-4-3-5-10-17)22(29)15-7-6-8-16(23)11-15/h6-8,11,17H,3-5,9-10,12H2,1-2H3,(H2,24,28)(H,25,27). The number of anilines is 1. The third-order valence-electron chi connectivity index (χ3n) is 5.55. The van der Waals surface area contributed by atoms with E-state index in [4.69, 9.17) is 5.73 Å². The number of nitrogens with zero attached hydrogens (tertiary/aromatic N) is 1. The molecule has 1 aromatic heterocycles. The van der Waals surface area contributed by atoms with Crippen molar-refractivity contribution in [2.24, 2.45) is 5.73 Å². The van der Waals surface area contributed by atoms with Gasteiger partial charge in [0, 0.05) is 16.5 Å². The maximum Gasteiger partial charge on any atom is 0.254 e. The zero-order chi connectivity index (χ0) is 21.8. The quantitative estimate of drug-likeness (QED) is 0.724. The molecule has 0 spiro atoms. The predicted molar refractivity (Wildman–Crippen MR) is 115 cm³/mol. The zero-order valence-electron chi connectivity index (χ0n) is 17.2. The Labute approximate surface area is 179 Å². The van der Waals surface area contributed by atoms with Gasteiger partial charge in [0.2, 0.25) is 5.91 Å². The second-order valence-corrected chi connectivity index (χ2v) is 8.86. The molecule has 160 valence electrons. The van der Waals surface area contributed by atoms with Gasteiger partial charge in [-0.05, 0) is 50.5 Å². The smallest absolute Gasteiger partial charge is 0.254 e. The molecule has 8 heteroatoms. The maximum absolute atomic E-state index is 13.7. The normalized spacial score (nSPS) is 14.4. The van der Waals surface area contributed by atoms with Crippen LogP contribution in [0.4, 0.5) is 9.39 Å². The maximum atomic E-state index is 13.7. The minimum absolute atomic E-state index is 0.0808. The molecule has 1 aromatic carbocycles. The van der Waals surface area contributed by atoms with Crippen LogP contribution in [0.3, 0.4) is 0 Å². The van der Waals surface area contributed by atoms with E-state index in [1.807, 2.05) is 6.92 Å². The topological polar surface area (TPSA) is 92.5 Å². The van der Waals surface area contributed by atoms with Crippen LogP contribution in [0, 0.1) is 19.7 Å². The lowest BCUT2D eigenvalue weighted by Gasteiger charge is -2.34. The molecule has 1 aliphatic rings. The summed E-state index contributed by atoms with van der Waals surface area (Å²) in [6.45, 7) is 3.46. The monoisotopic (exact) mass is 431 g/mol. The number of hydrogen-bond donors (Lipinski definition) is 2. The Morgan fingerprint density at radius 3 is 2.53 bits per heavy atom. The van der Waals surface area contributed by atoms with Crippen molar-refractivity contribution in [3.63, 3.8) is 0 Å². The van der Waals surface area contributed by atoms with E-state index in [9.17, 15) is 18.8 Å². The molecule has 6 nitrogen and oxygen atoms in total. The minimum Gasteiger partial charge on any atom is -0.365 e. The molecule has 0 bridgehead atoms. The second-order valence-electron chi connectivity index (χ2n) is 7.64. The number of thiophene rings is 1. The van der Waals surface area contributed by atoms with Gasteiger partial charge in [0.15, 0.2) is 0 Å². The Morgan fingerprint density at radius 1 is 1.20 bits per heavy atom. The molecule has 0 unspecified atom stereocenters. The molecule has 0 atom stereocenters. The van der Waals surface area contributed by atoms with Gasteiger partial charge in [0.05, 0.1) is 5.56 Å². The summed E-state index contributed by atoms with van der Waals surface area (Å²) in [6.07, 6.45) is 4.67. The summed E-state index contributed by atoms with van der Waals surface area (Å²) >= 11 is 1.28. The van der Waals surface area contributed by atoms with Crippen molar-refractivity contribution in [1.29, 1.82) is 0 Å². The summed E-state index contributed by atoms with van der Waals surface area (Å²) < 4.78 is 13.7. The Kier molecular flexibility index (Phi) is 6.87. The van der Waals surface area contributed by atoms with Crippen molar-refractivity contribution in [2.45, 2.75) is 52.0 Å². The molecule has 1 heterocycles. The number of carbonyl (C=O) groups is 3. The number of benzene rings is 1. The van der Waals surface area contributed by atoms with E-state index in [0.29, 0.717) is 10.6 Å². The van der Waals surface area contributed by atoms with Crippen LogP contribution in [-0.2, 0) is 4.79 Å². The number of nitrogens with two attached hydrogens (primary N) is 1. The number of carbonyl (C=O) groups excluding carboxylic acids is 3. The lowest BCUT2D eigenvalue weighted by molar-refractivity contribution is -0.117. The van der Waals surface area contributed by atoms with Gasteiger partial charge in [-0.2, -0.15) is 0 Å². The van der Waals surface area contributed by atoms with Crippen LogP contribution in [0.5, 0.6) is 0 Å². The Balaban J connectivity index is 1.82. The summed E-state index contributed by atoms with van der Waals surface area (Å²) in [5, 5.41) is 3.14. The second kappa shape index (κ2) is 9.38. The average molecular weight is 432 g/mol. The predicted octanol–water partition coefficient (Wildman–Crippen LogP) is 4.02. The molecular formula is C22H26FN3O3S. The molecule has 2 aromatic rings. The summed E-state index contributed by atoms with van der Waals surface area (Å²) in [5.74, 6) is -1.88. The number of rotatable bonds is 6. The number of halogens is 1. The van der Waals surface area contributed by atoms with E-state index >= 15 is 0 Å². The number of hydrogen-bond acceptors (Lipinski definition) is 4. The van der Waals surface area contributed by atoms with Crippen LogP contribution >= 0.6 is 11.3 Å². The van der Waals surface area contributed by atoms with Crippen LogP contribution < -0.4 is 11.1 Å². The van der Waals surface area contributed by atoms with Crippen LogP contribution in [0.15, 0.2) is 24.3 Å². The average Bonchev–Trinajstić information content (AvgIpc) is 2.99. The lowest BCUT2D eigenvalue weighted by Crippen LogP contribution is -2.45.